The first kappa shape index (κ1) is 8.98. The number of hydrogen-bond donors (Lipinski definition) is 1. The van der Waals surface area contributed by atoms with Gasteiger partial charge in [0.1, 0.15) is 6.61 Å². The predicted octanol–water partition coefficient (Wildman–Crippen LogP) is 0.0239. The Balaban J connectivity index is 2.04. The standard InChI is InChI=1S/C5H8F2N4O/c6-4(7)3-12-2-1-5-8-10-11-9-5/h4H,1-3H2,(H,8,9,10,11). The van der Waals surface area contributed by atoms with Gasteiger partial charge in [0.05, 0.1) is 6.61 Å². The van der Waals surface area contributed by atoms with Crippen LogP contribution in [0.3, 0.4) is 0 Å². The van der Waals surface area contributed by atoms with Crippen molar-refractivity contribution in [2.45, 2.75) is 12.8 Å². The minimum Gasteiger partial charge on any atom is -0.375 e. The van der Waals surface area contributed by atoms with E-state index in [0.717, 1.165) is 0 Å². The SMILES string of the molecule is FC(F)COCCc1nn[nH]n1. The smallest absolute Gasteiger partial charge is 0.261 e. The van der Waals surface area contributed by atoms with Crippen LogP contribution in [0.5, 0.6) is 0 Å². The zero-order valence-electron chi connectivity index (χ0n) is 6.20. The fourth-order valence-electron chi connectivity index (χ4n) is 0.624. The van der Waals surface area contributed by atoms with Crippen molar-refractivity contribution in [2.75, 3.05) is 13.2 Å². The third kappa shape index (κ3) is 3.33. The molecule has 0 bridgehead atoms. The lowest BCUT2D eigenvalue weighted by molar-refractivity contribution is 0.0183. The van der Waals surface area contributed by atoms with Crippen LogP contribution in [0.2, 0.25) is 0 Å². The normalized spacial score (nSPS) is 10.9. The summed E-state index contributed by atoms with van der Waals surface area (Å²) in [5, 5.41) is 12.8. The van der Waals surface area contributed by atoms with Crippen molar-refractivity contribution in [3.8, 4) is 0 Å². The Morgan fingerprint density at radius 3 is 2.92 bits per heavy atom. The number of H-pyrrole nitrogens is 1. The van der Waals surface area contributed by atoms with Gasteiger partial charge < -0.3 is 4.74 Å². The lowest BCUT2D eigenvalue weighted by atomic mass is 10.4. The summed E-state index contributed by atoms with van der Waals surface area (Å²) in [5.74, 6) is 0.462. The van der Waals surface area contributed by atoms with E-state index in [1.807, 2.05) is 0 Å². The molecule has 12 heavy (non-hydrogen) atoms. The molecule has 0 unspecified atom stereocenters. The maximum atomic E-state index is 11.5. The first-order chi connectivity index (χ1) is 5.79. The summed E-state index contributed by atoms with van der Waals surface area (Å²) in [6.45, 7) is -0.359. The van der Waals surface area contributed by atoms with Crippen molar-refractivity contribution in [3.63, 3.8) is 0 Å². The molecular formula is C5H8F2N4O. The fraction of sp³-hybridized carbons (Fsp3) is 0.800. The van der Waals surface area contributed by atoms with Gasteiger partial charge in [-0.3, -0.25) is 0 Å². The highest BCUT2D eigenvalue weighted by molar-refractivity contribution is 4.74. The van der Waals surface area contributed by atoms with Crippen molar-refractivity contribution in [1.29, 1.82) is 0 Å². The number of hydrogen-bond acceptors (Lipinski definition) is 4. The molecule has 7 heteroatoms. The van der Waals surface area contributed by atoms with Crippen LogP contribution in [0.1, 0.15) is 5.82 Å². The molecule has 0 aromatic carbocycles. The fourth-order valence-corrected chi connectivity index (χ4v) is 0.624. The molecule has 68 valence electrons. The van der Waals surface area contributed by atoms with Crippen molar-refractivity contribution >= 4 is 0 Å². The minimum atomic E-state index is -2.42. The molecule has 5 nitrogen and oxygen atoms in total. The Morgan fingerprint density at radius 2 is 2.33 bits per heavy atom. The topological polar surface area (TPSA) is 63.7 Å². The van der Waals surface area contributed by atoms with Gasteiger partial charge >= 0.3 is 0 Å². The van der Waals surface area contributed by atoms with E-state index < -0.39 is 13.0 Å². The first-order valence-corrected chi connectivity index (χ1v) is 3.37. The Kier molecular flexibility index (Phi) is 3.52. The average Bonchev–Trinajstić information content (AvgIpc) is 2.49. The summed E-state index contributed by atoms with van der Waals surface area (Å²) in [6.07, 6.45) is -2.03. The van der Waals surface area contributed by atoms with Gasteiger partial charge in [0.25, 0.3) is 6.43 Å². The monoisotopic (exact) mass is 178 g/mol. The summed E-state index contributed by atoms with van der Waals surface area (Å²) in [7, 11) is 0. The van der Waals surface area contributed by atoms with E-state index in [0.29, 0.717) is 12.2 Å². The van der Waals surface area contributed by atoms with E-state index in [-0.39, 0.29) is 6.61 Å². The summed E-state index contributed by atoms with van der Waals surface area (Å²) in [4.78, 5) is 0. The molecule has 0 fully saturated rings. The van der Waals surface area contributed by atoms with Crippen LogP contribution in [-0.2, 0) is 11.2 Å². The van der Waals surface area contributed by atoms with Gasteiger partial charge in [0.15, 0.2) is 5.82 Å². The Labute approximate surface area is 67.1 Å². The quantitative estimate of drug-likeness (QED) is 0.646. The zero-order chi connectivity index (χ0) is 8.81. The number of ether oxygens (including phenoxy) is 1. The van der Waals surface area contributed by atoms with Crippen LogP contribution in [0.15, 0.2) is 0 Å². The maximum absolute atomic E-state index is 11.5. The molecule has 0 spiro atoms. The molecule has 0 aliphatic carbocycles. The number of nitrogens with one attached hydrogen (secondary N) is 1. The second-order valence-corrected chi connectivity index (χ2v) is 2.04. The lowest BCUT2D eigenvalue weighted by Gasteiger charge is -1.99. The number of halogens is 2. The molecule has 0 saturated heterocycles. The van der Waals surface area contributed by atoms with E-state index in [1.165, 1.54) is 0 Å². The Morgan fingerprint density at radius 1 is 1.50 bits per heavy atom. The van der Waals surface area contributed by atoms with Gasteiger partial charge in [-0.05, 0) is 0 Å². The van der Waals surface area contributed by atoms with Gasteiger partial charge in [-0.25, -0.2) is 8.78 Å². The first-order valence-electron chi connectivity index (χ1n) is 3.37. The molecule has 0 atom stereocenters. The van der Waals surface area contributed by atoms with Gasteiger partial charge in [0.2, 0.25) is 0 Å². The van der Waals surface area contributed by atoms with Crippen LogP contribution in [0.4, 0.5) is 8.78 Å². The number of nitrogens with zero attached hydrogens (tertiary/aromatic N) is 3. The van der Waals surface area contributed by atoms with Gasteiger partial charge in [0, 0.05) is 6.42 Å². The molecular weight excluding hydrogens is 170 g/mol. The van der Waals surface area contributed by atoms with Gasteiger partial charge in [-0.1, -0.05) is 5.21 Å². The lowest BCUT2D eigenvalue weighted by Crippen LogP contribution is -2.07. The van der Waals surface area contributed by atoms with Gasteiger partial charge in [-0.2, -0.15) is 5.21 Å². The number of aromatic nitrogens is 4. The van der Waals surface area contributed by atoms with E-state index in [2.05, 4.69) is 25.4 Å². The van der Waals surface area contributed by atoms with Crippen LogP contribution in [0.25, 0.3) is 0 Å². The molecule has 1 aromatic heterocycles. The summed E-state index contributed by atoms with van der Waals surface area (Å²) in [5.41, 5.74) is 0. The molecule has 1 rings (SSSR count). The van der Waals surface area contributed by atoms with Gasteiger partial charge in [-0.15, -0.1) is 10.2 Å². The van der Waals surface area contributed by atoms with E-state index in [9.17, 15) is 8.78 Å². The second-order valence-electron chi connectivity index (χ2n) is 2.04. The third-order valence-corrected chi connectivity index (χ3v) is 1.10. The molecule has 0 aliphatic rings. The van der Waals surface area contributed by atoms with Crippen molar-refractivity contribution < 1.29 is 13.5 Å². The summed E-state index contributed by atoms with van der Waals surface area (Å²) < 4.78 is 27.6. The van der Waals surface area contributed by atoms with E-state index in [1.54, 1.807) is 0 Å². The van der Waals surface area contributed by atoms with E-state index in [4.69, 9.17) is 0 Å². The molecule has 0 aliphatic heterocycles. The van der Waals surface area contributed by atoms with Crippen molar-refractivity contribution in [3.05, 3.63) is 5.82 Å². The highest BCUT2D eigenvalue weighted by Gasteiger charge is 2.02. The number of rotatable bonds is 5. The largest absolute Gasteiger partial charge is 0.375 e. The second kappa shape index (κ2) is 4.70. The van der Waals surface area contributed by atoms with Crippen molar-refractivity contribution in [1.82, 2.24) is 20.6 Å². The van der Waals surface area contributed by atoms with Crippen LogP contribution >= 0.6 is 0 Å². The molecule has 1 heterocycles. The third-order valence-electron chi connectivity index (χ3n) is 1.10. The Hall–Kier alpha value is -1.11. The average molecular weight is 178 g/mol. The molecule has 0 saturated carbocycles. The van der Waals surface area contributed by atoms with Crippen LogP contribution < -0.4 is 0 Å². The Bertz CT molecular complexity index is 203. The summed E-state index contributed by atoms with van der Waals surface area (Å²) in [6, 6.07) is 0. The van der Waals surface area contributed by atoms with Crippen LogP contribution in [0, 0.1) is 0 Å². The van der Waals surface area contributed by atoms with Crippen molar-refractivity contribution in [2.24, 2.45) is 0 Å². The van der Waals surface area contributed by atoms with E-state index >= 15 is 0 Å². The summed E-state index contributed by atoms with van der Waals surface area (Å²) >= 11 is 0. The number of tetrazole rings is 1. The zero-order valence-corrected chi connectivity index (χ0v) is 6.20. The highest BCUT2D eigenvalue weighted by Crippen LogP contribution is 1.93. The minimum absolute atomic E-state index is 0.184. The molecule has 1 aromatic rings. The van der Waals surface area contributed by atoms with Crippen LogP contribution in [-0.4, -0.2) is 40.3 Å². The molecule has 0 radical (unpaired) electrons. The predicted molar refractivity (Wildman–Crippen MR) is 34.7 cm³/mol. The maximum Gasteiger partial charge on any atom is 0.261 e. The molecule has 1 N–H and O–H groups in total. The highest BCUT2D eigenvalue weighted by atomic mass is 19.3. The molecule has 0 amide bonds. The number of aromatic amines is 1. The number of alkyl halides is 2.